The van der Waals surface area contributed by atoms with Gasteiger partial charge in [-0.05, 0) is 32.4 Å². The van der Waals surface area contributed by atoms with Crippen LogP contribution in [0.15, 0.2) is 29.3 Å². The number of nitrogens with zero attached hydrogens (tertiary/aromatic N) is 4. The molecule has 1 saturated heterocycles. The Labute approximate surface area is 167 Å². The number of para-hydroxylation sites is 1. The molecule has 0 atom stereocenters. The third-order valence-electron chi connectivity index (χ3n) is 5.19. The minimum atomic E-state index is 0.633. The summed E-state index contributed by atoms with van der Waals surface area (Å²) in [6.07, 6.45) is 0. The van der Waals surface area contributed by atoms with Gasteiger partial charge in [0.05, 0.1) is 25.5 Å². The molecule has 0 unspecified atom stereocenters. The molecule has 0 bridgehead atoms. The fourth-order valence-electron chi connectivity index (χ4n) is 3.51. The summed E-state index contributed by atoms with van der Waals surface area (Å²) in [5, 5.41) is 11.3. The molecule has 1 aliphatic rings. The largest absolute Gasteiger partial charge is 0.378 e. The lowest BCUT2D eigenvalue weighted by Gasteiger charge is -2.30. The fraction of sp³-hybridized carbons (Fsp3) is 0.524. The Morgan fingerprint density at radius 3 is 2.61 bits per heavy atom. The minimum Gasteiger partial charge on any atom is -0.378 e. The van der Waals surface area contributed by atoms with Crippen molar-refractivity contribution in [2.75, 3.05) is 37.7 Å². The molecule has 1 aromatic heterocycles. The first kappa shape index (κ1) is 20.2. The molecule has 1 aromatic carbocycles. The molecule has 2 N–H and O–H groups in total. The van der Waals surface area contributed by atoms with Gasteiger partial charge in [-0.2, -0.15) is 5.10 Å². The molecule has 0 saturated carbocycles. The zero-order valence-electron chi connectivity index (χ0n) is 17.5. The minimum absolute atomic E-state index is 0.633. The van der Waals surface area contributed by atoms with Crippen LogP contribution in [0.3, 0.4) is 0 Å². The average Bonchev–Trinajstić information content (AvgIpc) is 2.96. The van der Waals surface area contributed by atoms with E-state index in [1.54, 1.807) is 0 Å². The fourth-order valence-corrected chi connectivity index (χ4v) is 3.51. The third kappa shape index (κ3) is 4.84. The Hall–Kier alpha value is -2.54. The van der Waals surface area contributed by atoms with Crippen molar-refractivity contribution in [3.05, 3.63) is 46.8 Å². The SMILES string of the molecule is CCNC(=NCc1ccccc1N1CCOCC1)NCc1c(C)nn(C)c1C. The predicted octanol–water partition coefficient (Wildman–Crippen LogP) is 2.13. The van der Waals surface area contributed by atoms with Gasteiger partial charge in [0.15, 0.2) is 5.96 Å². The second kappa shape index (κ2) is 9.59. The highest BCUT2D eigenvalue weighted by molar-refractivity contribution is 5.80. The molecule has 152 valence electrons. The summed E-state index contributed by atoms with van der Waals surface area (Å²) in [6.45, 7) is 11.8. The van der Waals surface area contributed by atoms with Gasteiger partial charge in [0, 0.05) is 50.2 Å². The molecule has 0 radical (unpaired) electrons. The smallest absolute Gasteiger partial charge is 0.191 e. The van der Waals surface area contributed by atoms with Crippen molar-refractivity contribution in [2.24, 2.45) is 12.0 Å². The van der Waals surface area contributed by atoms with E-state index in [-0.39, 0.29) is 0 Å². The topological polar surface area (TPSA) is 66.7 Å². The first-order chi connectivity index (χ1) is 13.6. The first-order valence-corrected chi connectivity index (χ1v) is 10.0. The standard InChI is InChI=1S/C21H32N6O/c1-5-22-21(24-15-19-16(2)25-26(4)17(19)3)23-14-18-8-6-7-9-20(18)27-10-12-28-13-11-27/h6-9H,5,10-15H2,1-4H3,(H2,22,23,24). The highest BCUT2D eigenvalue weighted by Crippen LogP contribution is 2.22. The van der Waals surface area contributed by atoms with Crippen molar-refractivity contribution >= 4 is 11.6 Å². The number of hydrogen-bond acceptors (Lipinski definition) is 4. The zero-order valence-corrected chi connectivity index (χ0v) is 17.5. The molecular weight excluding hydrogens is 352 g/mol. The highest BCUT2D eigenvalue weighted by atomic mass is 16.5. The normalized spacial score (nSPS) is 15.0. The van der Waals surface area contributed by atoms with Crippen LogP contribution in [0.2, 0.25) is 0 Å². The van der Waals surface area contributed by atoms with Gasteiger partial charge >= 0.3 is 0 Å². The number of ether oxygens (including phenoxy) is 1. The quantitative estimate of drug-likeness (QED) is 0.590. The van der Waals surface area contributed by atoms with E-state index in [2.05, 4.69) is 58.7 Å². The maximum Gasteiger partial charge on any atom is 0.191 e. The summed E-state index contributed by atoms with van der Waals surface area (Å²) < 4.78 is 7.42. The van der Waals surface area contributed by atoms with E-state index in [0.717, 1.165) is 44.5 Å². The summed E-state index contributed by atoms with van der Waals surface area (Å²) in [5.41, 5.74) is 5.95. The van der Waals surface area contributed by atoms with E-state index in [1.807, 2.05) is 18.7 Å². The second-order valence-electron chi connectivity index (χ2n) is 7.05. The third-order valence-corrected chi connectivity index (χ3v) is 5.19. The summed E-state index contributed by atoms with van der Waals surface area (Å²) in [6, 6.07) is 8.51. The van der Waals surface area contributed by atoms with E-state index >= 15 is 0 Å². The number of aliphatic imine (C=N–C) groups is 1. The van der Waals surface area contributed by atoms with Gasteiger partial charge in [-0.3, -0.25) is 4.68 Å². The maximum atomic E-state index is 5.49. The van der Waals surface area contributed by atoms with Crippen LogP contribution in [-0.4, -0.2) is 48.6 Å². The predicted molar refractivity (Wildman–Crippen MR) is 114 cm³/mol. The van der Waals surface area contributed by atoms with Crippen LogP contribution < -0.4 is 15.5 Å². The molecule has 3 rings (SSSR count). The zero-order chi connectivity index (χ0) is 19.9. The van der Waals surface area contributed by atoms with Crippen molar-refractivity contribution in [2.45, 2.75) is 33.9 Å². The van der Waals surface area contributed by atoms with Crippen molar-refractivity contribution in [3.63, 3.8) is 0 Å². The number of morpholine rings is 1. The Kier molecular flexibility index (Phi) is 6.92. The first-order valence-electron chi connectivity index (χ1n) is 10.0. The molecule has 7 heteroatoms. The molecule has 1 fully saturated rings. The van der Waals surface area contributed by atoms with E-state index in [9.17, 15) is 0 Å². The number of rotatable bonds is 6. The van der Waals surface area contributed by atoms with Gasteiger partial charge < -0.3 is 20.3 Å². The number of nitrogens with one attached hydrogen (secondary N) is 2. The maximum absolute atomic E-state index is 5.49. The van der Waals surface area contributed by atoms with Crippen LogP contribution >= 0.6 is 0 Å². The van der Waals surface area contributed by atoms with Crippen LogP contribution in [0, 0.1) is 13.8 Å². The molecular formula is C21H32N6O. The number of anilines is 1. The molecule has 0 aliphatic carbocycles. The molecule has 1 aliphatic heterocycles. The Morgan fingerprint density at radius 1 is 1.18 bits per heavy atom. The Bertz CT molecular complexity index is 807. The number of aryl methyl sites for hydroxylation is 2. The van der Waals surface area contributed by atoms with Gasteiger partial charge in [-0.1, -0.05) is 18.2 Å². The molecule has 28 heavy (non-hydrogen) atoms. The van der Waals surface area contributed by atoms with Crippen molar-refractivity contribution in [1.29, 1.82) is 0 Å². The number of benzene rings is 1. The number of hydrogen-bond donors (Lipinski definition) is 2. The van der Waals surface area contributed by atoms with Crippen molar-refractivity contribution in [3.8, 4) is 0 Å². The Morgan fingerprint density at radius 2 is 1.93 bits per heavy atom. The van der Waals surface area contributed by atoms with E-state index in [4.69, 9.17) is 9.73 Å². The number of aromatic nitrogens is 2. The van der Waals surface area contributed by atoms with Crippen LogP contribution in [0.1, 0.15) is 29.4 Å². The molecule has 2 aromatic rings. The summed E-state index contributed by atoms with van der Waals surface area (Å²) in [7, 11) is 1.98. The van der Waals surface area contributed by atoms with Crippen LogP contribution in [0.4, 0.5) is 5.69 Å². The molecule has 0 spiro atoms. The number of guanidine groups is 1. The van der Waals surface area contributed by atoms with E-state index in [1.165, 1.54) is 22.5 Å². The van der Waals surface area contributed by atoms with Gasteiger partial charge in [0.2, 0.25) is 0 Å². The molecule has 7 nitrogen and oxygen atoms in total. The van der Waals surface area contributed by atoms with Crippen LogP contribution in [0.25, 0.3) is 0 Å². The van der Waals surface area contributed by atoms with Crippen LogP contribution in [-0.2, 0) is 24.9 Å². The summed E-state index contributed by atoms with van der Waals surface area (Å²) in [4.78, 5) is 7.22. The summed E-state index contributed by atoms with van der Waals surface area (Å²) in [5.74, 6) is 0.821. The lowest BCUT2D eigenvalue weighted by atomic mass is 10.1. The van der Waals surface area contributed by atoms with Crippen molar-refractivity contribution in [1.82, 2.24) is 20.4 Å². The lowest BCUT2D eigenvalue weighted by molar-refractivity contribution is 0.122. The molecule has 2 heterocycles. The monoisotopic (exact) mass is 384 g/mol. The second-order valence-corrected chi connectivity index (χ2v) is 7.05. The van der Waals surface area contributed by atoms with Gasteiger partial charge in [-0.15, -0.1) is 0 Å². The average molecular weight is 385 g/mol. The van der Waals surface area contributed by atoms with E-state index in [0.29, 0.717) is 13.1 Å². The van der Waals surface area contributed by atoms with Crippen LogP contribution in [0.5, 0.6) is 0 Å². The van der Waals surface area contributed by atoms with Gasteiger partial charge in [0.25, 0.3) is 0 Å². The molecule has 0 amide bonds. The lowest BCUT2D eigenvalue weighted by Crippen LogP contribution is -2.37. The van der Waals surface area contributed by atoms with Crippen molar-refractivity contribution < 1.29 is 4.74 Å². The summed E-state index contributed by atoms with van der Waals surface area (Å²) >= 11 is 0. The van der Waals surface area contributed by atoms with Gasteiger partial charge in [0.1, 0.15) is 0 Å². The highest BCUT2D eigenvalue weighted by Gasteiger charge is 2.14. The van der Waals surface area contributed by atoms with Gasteiger partial charge in [-0.25, -0.2) is 4.99 Å². The van der Waals surface area contributed by atoms with E-state index < -0.39 is 0 Å². The Balaban J connectivity index is 1.71.